The van der Waals surface area contributed by atoms with Crippen LogP contribution in [0.3, 0.4) is 0 Å². The van der Waals surface area contributed by atoms with Gasteiger partial charge in [-0.25, -0.2) is 4.79 Å². The third kappa shape index (κ3) is 4.54. The van der Waals surface area contributed by atoms with E-state index in [1.807, 2.05) is 0 Å². The molecule has 4 bridgehead atoms. The predicted octanol–water partition coefficient (Wildman–Crippen LogP) is 0.851. The van der Waals surface area contributed by atoms with Crippen LogP contribution in [-0.2, 0) is 30.7 Å². The van der Waals surface area contributed by atoms with Crippen molar-refractivity contribution in [2.75, 3.05) is 0 Å². The van der Waals surface area contributed by atoms with E-state index in [4.69, 9.17) is 37.6 Å². The summed E-state index contributed by atoms with van der Waals surface area (Å²) in [5.41, 5.74) is -1.23. The summed E-state index contributed by atoms with van der Waals surface area (Å²) in [7, 11) is 11.8. The Bertz CT molecular complexity index is 1160. The van der Waals surface area contributed by atoms with Gasteiger partial charge in [0.2, 0.25) is 0 Å². The molecule has 4 aliphatic carbocycles. The van der Waals surface area contributed by atoms with E-state index in [1.54, 1.807) is 0 Å². The van der Waals surface area contributed by atoms with Crippen molar-refractivity contribution in [1.29, 1.82) is 0 Å². The molecule has 1 aromatic carbocycles. The number of benzene rings is 1. The average molecular weight is 502 g/mol. The molecule has 0 heterocycles. The fourth-order valence-electron chi connectivity index (χ4n) is 6.48. The number of esters is 2. The Labute approximate surface area is 206 Å². The van der Waals surface area contributed by atoms with Gasteiger partial charge in [0.1, 0.15) is 21.3 Å². The molecule has 3 unspecified atom stereocenters. The maximum Gasteiger partial charge on any atom is 0.405 e. The molecule has 0 aliphatic heterocycles. The van der Waals surface area contributed by atoms with Crippen LogP contribution in [0.15, 0.2) is 12.1 Å². The maximum absolute atomic E-state index is 14.0. The normalized spacial score (nSPS) is 30.6. The van der Waals surface area contributed by atoms with E-state index in [-0.39, 0.29) is 41.1 Å². The molecule has 0 spiro atoms. The van der Waals surface area contributed by atoms with Crippen LogP contribution in [0.4, 0.5) is 8.78 Å². The molecular weight excluding hydrogens is 479 g/mol. The van der Waals surface area contributed by atoms with Crippen molar-refractivity contribution < 1.29 is 40.8 Å². The summed E-state index contributed by atoms with van der Waals surface area (Å²) in [5, 5.41) is -4.67. The van der Waals surface area contributed by atoms with Crippen LogP contribution in [0, 0.1) is 17.3 Å². The molecule has 0 amide bonds. The quantitative estimate of drug-likeness (QED) is 0.335. The standard InChI is InChI=1S/C22H23B3F2O7S/c1-11(22(26,27)35(30,31)32)33-19(29)20-5-12-2-13(6-20)8-21(7-12,10-20)34-18(28)15-3-14(24)4-17(25)16(15)9-23/h3-4,11-13H,2,5-10H2,1H3,(H,30,31,32). The van der Waals surface area contributed by atoms with Gasteiger partial charge in [0.15, 0.2) is 6.10 Å². The Morgan fingerprint density at radius 1 is 1.20 bits per heavy atom. The largest absolute Gasteiger partial charge is 0.455 e. The minimum atomic E-state index is -5.79. The first-order valence-electron chi connectivity index (χ1n) is 11.3. The van der Waals surface area contributed by atoms with Gasteiger partial charge in [-0.05, 0) is 56.4 Å². The van der Waals surface area contributed by atoms with E-state index in [0.29, 0.717) is 38.2 Å². The van der Waals surface area contributed by atoms with Crippen molar-refractivity contribution in [1.82, 2.24) is 0 Å². The topological polar surface area (TPSA) is 107 Å². The van der Waals surface area contributed by atoms with Crippen LogP contribution < -0.4 is 10.9 Å². The number of rotatable bonds is 7. The molecule has 3 atom stereocenters. The number of carbonyl (C=O) groups excluding carboxylic acids is 2. The van der Waals surface area contributed by atoms with E-state index < -0.39 is 44.4 Å². The molecule has 4 saturated carbocycles. The molecule has 1 N–H and O–H groups in total. The molecule has 5 rings (SSSR count). The lowest BCUT2D eigenvalue weighted by Gasteiger charge is -2.59. The van der Waals surface area contributed by atoms with E-state index in [2.05, 4.69) is 0 Å². The number of ether oxygens (including phenoxy) is 2. The van der Waals surface area contributed by atoms with Crippen molar-refractivity contribution in [3.63, 3.8) is 0 Å². The summed E-state index contributed by atoms with van der Waals surface area (Å²) in [6.07, 6.45) is 0.120. The number of hydrogen-bond donors (Lipinski definition) is 1. The SMILES string of the molecule is [B]Cc1c([B])cc([B])cc1C(=O)OC12CC3CC(C1)CC(C(=O)OC(C)C(F)(F)S(=O)(=O)O)(C3)C2. The number of carbonyl (C=O) groups is 2. The average Bonchev–Trinajstić information content (AvgIpc) is 2.70. The lowest BCUT2D eigenvalue weighted by atomic mass is 9.48. The van der Waals surface area contributed by atoms with Crippen LogP contribution in [-0.4, -0.2) is 65.4 Å². The Kier molecular flexibility index (Phi) is 6.44. The molecule has 1 aromatic rings. The van der Waals surface area contributed by atoms with Crippen LogP contribution in [0.1, 0.15) is 61.4 Å². The lowest BCUT2D eigenvalue weighted by Crippen LogP contribution is -2.60. The van der Waals surface area contributed by atoms with Crippen molar-refractivity contribution in [2.45, 2.75) is 68.7 Å². The first-order chi connectivity index (χ1) is 16.1. The molecule has 7 nitrogen and oxygen atoms in total. The summed E-state index contributed by atoms with van der Waals surface area (Å²) in [5.74, 6) is -1.69. The van der Waals surface area contributed by atoms with E-state index in [0.717, 1.165) is 6.42 Å². The van der Waals surface area contributed by atoms with Gasteiger partial charge in [-0.15, -0.1) is 0 Å². The highest BCUT2D eigenvalue weighted by atomic mass is 32.2. The number of alkyl halides is 2. The van der Waals surface area contributed by atoms with Crippen LogP contribution >= 0.6 is 0 Å². The van der Waals surface area contributed by atoms with Gasteiger partial charge in [0.25, 0.3) is 0 Å². The van der Waals surface area contributed by atoms with Gasteiger partial charge in [-0.2, -0.15) is 17.2 Å². The van der Waals surface area contributed by atoms with Crippen LogP contribution in [0.25, 0.3) is 0 Å². The second-order valence-electron chi connectivity index (χ2n) is 10.2. The van der Waals surface area contributed by atoms with Gasteiger partial charge in [-0.3, -0.25) is 9.35 Å². The molecule has 4 fully saturated rings. The number of hydrogen-bond acceptors (Lipinski definition) is 6. The van der Waals surface area contributed by atoms with Gasteiger partial charge >= 0.3 is 27.3 Å². The molecule has 13 heteroatoms. The molecule has 35 heavy (non-hydrogen) atoms. The van der Waals surface area contributed by atoms with Crippen molar-refractivity contribution in [2.24, 2.45) is 17.3 Å². The maximum atomic E-state index is 14.0. The molecule has 6 radical (unpaired) electrons. The summed E-state index contributed by atoms with van der Waals surface area (Å²) in [4.78, 5) is 26.4. The summed E-state index contributed by atoms with van der Waals surface area (Å²) >= 11 is 0. The molecular formula is C22H23B3F2O7S. The first kappa shape index (κ1) is 26.2. The van der Waals surface area contributed by atoms with E-state index in [1.165, 1.54) is 12.1 Å². The van der Waals surface area contributed by atoms with Gasteiger partial charge < -0.3 is 9.47 Å². The first-order valence-corrected chi connectivity index (χ1v) is 12.7. The van der Waals surface area contributed by atoms with Crippen LogP contribution in [0.2, 0.25) is 0 Å². The molecule has 0 aromatic heterocycles. The lowest BCUT2D eigenvalue weighted by molar-refractivity contribution is -0.206. The van der Waals surface area contributed by atoms with Crippen molar-refractivity contribution >= 4 is 56.5 Å². The van der Waals surface area contributed by atoms with Gasteiger partial charge in [0.05, 0.1) is 18.8 Å². The third-order valence-electron chi connectivity index (χ3n) is 7.58. The zero-order valence-electron chi connectivity index (χ0n) is 19.1. The highest BCUT2D eigenvalue weighted by Crippen LogP contribution is 2.63. The summed E-state index contributed by atoms with van der Waals surface area (Å²) < 4.78 is 69.9. The highest BCUT2D eigenvalue weighted by Gasteiger charge is 2.64. The van der Waals surface area contributed by atoms with Crippen LogP contribution in [0.5, 0.6) is 0 Å². The van der Waals surface area contributed by atoms with E-state index >= 15 is 0 Å². The van der Waals surface area contributed by atoms with Gasteiger partial charge in [-0.1, -0.05) is 29.4 Å². The predicted molar refractivity (Wildman–Crippen MR) is 124 cm³/mol. The summed E-state index contributed by atoms with van der Waals surface area (Å²) in [6.45, 7) is 0.709. The third-order valence-corrected chi connectivity index (χ3v) is 8.60. The van der Waals surface area contributed by atoms with Crippen molar-refractivity contribution in [3.8, 4) is 0 Å². The Balaban J connectivity index is 1.59. The Hall–Kier alpha value is -1.88. The minimum absolute atomic E-state index is 0.00566. The molecule has 4 aliphatic rings. The second-order valence-corrected chi connectivity index (χ2v) is 11.7. The fraction of sp³-hybridized carbons (Fsp3) is 0.636. The van der Waals surface area contributed by atoms with E-state index in [9.17, 15) is 26.8 Å². The highest BCUT2D eigenvalue weighted by molar-refractivity contribution is 7.86. The van der Waals surface area contributed by atoms with Gasteiger partial charge in [0, 0.05) is 6.42 Å². The fourth-order valence-corrected chi connectivity index (χ4v) is 6.95. The Morgan fingerprint density at radius 2 is 1.80 bits per heavy atom. The smallest absolute Gasteiger partial charge is 0.405 e. The molecule has 182 valence electrons. The zero-order chi connectivity index (χ0) is 26.0. The summed E-state index contributed by atoms with van der Waals surface area (Å²) in [6, 6.07) is 2.91. The Morgan fingerprint density at radius 3 is 2.34 bits per heavy atom. The number of halogens is 2. The zero-order valence-corrected chi connectivity index (χ0v) is 19.9. The van der Waals surface area contributed by atoms with Crippen molar-refractivity contribution in [3.05, 3.63) is 23.3 Å². The second kappa shape index (κ2) is 8.61. The molecule has 0 saturated heterocycles. The minimum Gasteiger partial charge on any atom is -0.455 e. The monoisotopic (exact) mass is 502 g/mol.